The van der Waals surface area contributed by atoms with Gasteiger partial charge in [-0.1, -0.05) is 19.4 Å². The van der Waals surface area contributed by atoms with E-state index >= 15 is 0 Å². The minimum absolute atomic E-state index is 0.181. The summed E-state index contributed by atoms with van der Waals surface area (Å²) >= 11 is 0. The molecule has 3 nitrogen and oxygen atoms in total. The maximum Gasteiger partial charge on any atom is 0.253 e. The van der Waals surface area contributed by atoms with E-state index in [0.29, 0.717) is 6.42 Å². The van der Waals surface area contributed by atoms with Crippen molar-refractivity contribution < 1.29 is 8.42 Å². The molecule has 1 aliphatic carbocycles. The number of allylic oxidation sites excluding steroid dienone is 2. The maximum atomic E-state index is 11.5. The molecule has 86 valence electrons. The molecule has 0 aromatic carbocycles. The molecule has 1 aliphatic rings. The molecule has 0 radical (unpaired) electrons. The lowest BCUT2D eigenvalue weighted by atomic mass is 10.2. The molecule has 0 saturated heterocycles. The van der Waals surface area contributed by atoms with Gasteiger partial charge in [-0.2, -0.15) is 4.40 Å². The van der Waals surface area contributed by atoms with Crippen LogP contribution in [0.2, 0.25) is 0 Å². The van der Waals surface area contributed by atoms with Gasteiger partial charge in [-0.15, -0.1) is 0 Å². The molecule has 0 heterocycles. The average Bonchev–Trinajstić information content (AvgIpc) is 2.43. The highest BCUT2D eigenvalue weighted by Crippen LogP contribution is 2.10. The van der Waals surface area contributed by atoms with E-state index in [2.05, 4.69) is 4.40 Å². The molecule has 0 aromatic heterocycles. The molecular weight excluding hydrogens is 210 g/mol. The molecule has 0 amide bonds. The number of rotatable bonds is 4. The van der Waals surface area contributed by atoms with Crippen LogP contribution in [0.4, 0.5) is 0 Å². The van der Waals surface area contributed by atoms with Crippen molar-refractivity contribution in [3.63, 3.8) is 0 Å². The van der Waals surface area contributed by atoms with Crippen molar-refractivity contribution in [2.75, 3.05) is 5.75 Å². The van der Waals surface area contributed by atoms with Crippen molar-refractivity contribution in [3.05, 3.63) is 12.2 Å². The Morgan fingerprint density at radius 2 is 2.20 bits per heavy atom. The first-order valence-corrected chi connectivity index (χ1v) is 7.23. The first-order valence-electron chi connectivity index (χ1n) is 5.62. The van der Waals surface area contributed by atoms with Gasteiger partial charge >= 0.3 is 0 Å². The summed E-state index contributed by atoms with van der Waals surface area (Å²) in [6.07, 6.45) is 9.45. The van der Waals surface area contributed by atoms with E-state index in [9.17, 15) is 8.42 Å². The van der Waals surface area contributed by atoms with E-state index in [1.807, 2.05) is 19.1 Å². The Balaban J connectivity index is 2.67. The van der Waals surface area contributed by atoms with Gasteiger partial charge in [0, 0.05) is 0 Å². The quantitative estimate of drug-likeness (QED) is 0.744. The van der Waals surface area contributed by atoms with Gasteiger partial charge in [0.2, 0.25) is 0 Å². The van der Waals surface area contributed by atoms with Crippen LogP contribution in [-0.4, -0.2) is 19.9 Å². The second-order valence-corrected chi connectivity index (χ2v) is 5.63. The van der Waals surface area contributed by atoms with Crippen molar-refractivity contribution in [1.82, 2.24) is 0 Å². The summed E-state index contributed by atoms with van der Waals surface area (Å²) in [6.45, 7) is 1.98. The molecular formula is C11H19NO2S. The molecule has 0 atom stereocenters. The zero-order chi connectivity index (χ0) is 11.1. The number of hydrogen-bond donors (Lipinski definition) is 0. The van der Waals surface area contributed by atoms with Gasteiger partial charge in [0.1, 0.15) is 0 Å². The standard InChI is InChI=1S/C11H19NO2S/c1-2-3-10-15(13,14)12-11-8-6-4-5-7-9-11/h6,8H,2-5,7,9-10H2,1H3/b12-11+. The highest BCUT2D eigenvalue weighted by atomic mass is 32.2. The topological polar surface area (TPSA) is 46.5 Å². The fourth-order valence-corrected chi connectivity index (χ4v) is 2.75. The monoisotopic (exact) mass is 229 g/mol. The normalized spacial score (nSPS) is 20.5. The molecule has 0 saturated carbocycles. The van der Waals surface area contributed by atoms with Gasteiger partial charge in [-0.25, -0.2) is 8.42 Å². The van der Waals surface area contributed by atoms with Crippen molar-refractivity contribution in [2.45, 2.75) is 45.4 Å². The molecule has 15 heavy (non-hydrogen) atoms. The Bertz CT molecular complexity index is 342. The number of hydrogen-bond acceptors (Lipinski definition) is 2. The molecule has 0 bridgehead atoms. The minimum atomic E-state index is -3.22. The lowest BCUT2D eigenvalue weighted by molar-refractivity contribution is 0.594. The highest BCUT2D eigenvalue weighted by Gasteiger charge is 2.09. The smallest absolute Gasteiger partial charge is 0.205 e. The second-order valence-electron chi connectivity index (χ2n) is 3.87. The van der Waals surface area contributed by atoms with Crippen molar-refractivity contribution >= 4 is 15.7 Å². The van der Waals surface area contributed by atoms with Crippen molar-refractivity contribution in [2.24, 2.45) is 4.40 Å². The number of nitrogens with zero attached hydrogens (tertiary/aromatic N) is 1. The van der Waals surface area contributed by atoms with Gasteiger partial charge in [0.25, 0.3) is 10.0 Å². The SMILES string of the molecule is CCCCS(=O)(=O)/N=C1\C=CCCCC1. The average molecular weight is 229 g/mol. The summed E-state index contributed by atoms with van der Waals surface area (Å²) in [5.74, 6) is 0.181. The Hall–Kier alpha value is -0.640. The van der Waals surface area contributed by atoms with Crippen molar-refractivity contribution in [1.29, 1.82) is 0 Å². The number of sulfonamides is 1. The van der Waals surface area contributed by atoms with Gasteiger partial charge < -0.3 is 0 Å². The Morgan fingerprint density at radius 1 is 1.40 bits per heavy atom. The first kappa shape index (κ1) is 12.4. The molecule has 0 unspecified atom stereocenters. The summed E-state index contributed by atoms with van der Waals surface area (Å²) in [5.41, 5.74) is 0.726. The summed E-state index contributed by atoms with van der Waals surface area (Å²) in [5, 5.41) is 0. The van der Waals surface area contributed by atoms with Crippen LogP contribution in [0.3, 0.4) is 0 Å². The Morgan fingerprint density at radius 3 is 2.93 bits per heavy atom. The molecule has 0 aromatic rings. The lowest BCUT2D eigenvalue weighted by Crippen LogP contribution is -2.06. The van der Waals surface area contributed by atoms with E-state index in [1.165, 1.54) is 0 Å². The molecule has 0 aliphatic heterocycles. The van der Waals surface area contributed by atoms with E-state index in [1.54, 1.807) is 0 Å². The predicted octanol–water partition coefficient (Wildman–Crippen LogP) is 2.69. The van der Waals surface area contributed by atoms with Crippen LogP contribution >= 0.6 is 0 Å². The lowest BCUT2D eigenvalue weighted by Gasteiger charge is -2.00. The van der Waals surface area contributed by atoms with Gasteiger partial charge in [-0.05, 0) is 38.2 Å². The van der Waals surface area contributed by atoms with Crippen LogP contribution in [0.15, 0.2) is 16.5 Å². The molecule has 0 fully saturated rings. The fourth-order valence-electron chi connectivity index (χ4n) is 1.50. The van der Waals surface area contributed by atoms with Gasteiger partial charge in [0.05, 0.1) is 11.5 Å². The third-order valence-electron chi connectivity index (χ3n) is 2.38. The maximum absolute atomic E-state index is 11.5. The third-order valence-corrected chi connectivity index (χ3v) is 3.69. The van der Waals surface area contributed by atoms with E-state index in [-0.39, 0.29) is 5.75 Å². The Labute approximate surface area is 92.3 Å². The molecule has 4 heteroatoms. The van der Waals surface area contributed by atoms with Gasteiger partial charge in [-0.3, -0.25) is 0 Å². The second kappa shape index (κ2) is 6.05. The van der Waals surface area contributed by atoms with Crippen LogP contribution < -0.4 is 0 Å². The summed E-state index contributed by atoms with van der Waals surface area (Å²) in [4.78, 5) is 0. The van der Waals surface area contributed by atoms with Gasteiger partial charge in [0.15, 0.2) is 0 Å². The summed E-state index contributed by atoms with van der Waals surface area (Å²) < 4.78 is 27.0. The zero-order valence-corrected chi connectivity index (χ0v) is 10.1. The van der Waals surface area contributed by atoms with Crippen LogP contribution in [0, 0.1) is 0 Å². The Kier molecular flexibility index (Phi) is 5.02. The molecule has 0 N–H and O–H groups in total. The van der Waals surface area contributed by atoms with E-state index in [0.717, 1.165) is 37.8 Å². The van der Waals surface area contributed by atoms with Crippen LogP contribution in [0.1, 0.15) is 45.4 Å². The van der Waals surface area contributed by atoms with E-state index < -0.39 is 10.0 Å². The zero-order valence-electron chi connectivity index (χ0n) is 9.28. The number of unbranched alkanes of at least 4 members (excludes halogenated alkanes) is 1. The van der Waals surface area contributed by atoms with Crippen LogP contribution in [0.25, 0.3) is 0 Å². The summed E-state index contributed by atoms with van der Waals surface area (Å²) in [6, 6.07) is 0. The third kappa shape index (κ3) is 5.11. The minimum Gasteiger partial charge on any atom is -0.205 e. The predicted molar refractivity (Wildman–Crippen MR) is 63.7 cm³/mol. The first-order chi connectivity index (χ1) is 7.14. The largest absolute Gasteiger partial charge is 0.253 e. The molecule has 0 spiro atoms. The van der Waals surface area contributed by atoms with Crippen molar-refractivity contribution in [3.8, 4) is 0 Å². The van der Waals surface area contributed by atoms with E-state index in [4.69, 9.17) is 0 Å². The highest BCUT2D eigenvalue weighted by molar-refractivity contribution is 7.90. The molecule has 1 rings (SSSR count). The van der Waals surface area contributed by atoms with Crippen LogP contribution in [0.5, 0.6) is 0 Å². The van der Waals surface area contributed by atoms with Crippen LogP contribution in [-0.2, 0) is 10.0 Å². The fraction of sp³-hybridized carbons (Fsp3) is 0.727. The summed E-state index contributed by atoms with van der Waals surface area (Å²) in [7, 11) is -3.22.